The Morgan fingerprint density at radius 3 is 2.56 bits per heavy atom. The van der Waals surface area contributed by atoms with E-state index in [1.54, 1.807) is 20.8 Å². The molecule has 0 bridgehead atoms. The minimum Gasteiger partial charge on any atom is -0.475 e. The molecular formula is C10H12BrN3O4. The first-order chi connectivity index (χ1) is 8.19. The minimum absolute atomic E-state index is 0.0386. The molecule has 8 heteroatoms. The molecule has 1 heterocycles. The van der Waals surface area contributed by atoms with Gasteiger partial charge in [-0.15, -0.1) is 0 Å². The molecule has 0 aliphatic heterocycles. The van der Waals surface area contributed by atoms with Crippen LogP contribution >= 0.6 is 15.9 Å². The number of amides is 1. The molecule has 0 aromatic carbocycles. The lowest BCUT2D eigenvalue weighted by molar-refractivity contribution is 0.0630. The number of carboxylic acid groups (broad SMARTS) is 1. The molecule has 7 nitrogen and oxygen atoms in total. The maximum Gasteiger partial charge on any atom is 0.413 e. The number of aromatic carboxylic acids is 1. The smallest absolute Gasteiger partial charge is 0.413 e. The molecule has 0 unspecified atom stereocenters. The van der Waals surface area contributed by atoms with Gasteiger partial charge in [0, 0.05) is 6.20 Å². The lowest BCUT2D eigenvalue weighted by Gasteiger charge is -2.19. The first-order valence-electron chi connectivity index (χ1n) is 4.95. The minimum atomic E-state index is -1.28. The molecule has 0 atom stereocenters. The van der Waals surface area contributed by atoms with E-state index in [0.717, 1.165) is 0 Å². The van der Waals surface area contributed by atoms with E-state index in [1.807, 2.05) is 0 Å². The summed E-state index contributed by atoms with van der Waals surface area (Å²) in [4.78, 5) is 29.4. The van der Waals surface area contributed by atoms with E-state index in [1.165, 1.54) is 6.20 Å². The summed E-state index contributed by atoms with van der Waals surface area (Å²) in [6.45, 7) is 5.14. The number of ether oxygens (including phenoxy) is 1. The van der Waals surface area contributed by atoms with Crippen molar-refractivity contribution in [3.63, 3.8) is 0 Å². The van der Waals surface area contributed by atoms with Crippen LogP contribution < -0.4 is 5.32 Å². The van der Waals surface area contributed by atoms with Crippen molar-refractivity contribution in [1.82, 2.24) is 9.97 Å². The van der Waals surface area contributed by atoms with Crippen molar-refractivity contribution in [3.05, 3.63) is 16.5 Å². The number of anilines is 1. The predicted octanol–water partition coefficient (Wildman–Crippen LogP) is 2.28. The van der Waals surface area contributed by atoms with Crippen LogP contribution in [0.4, 0.5) is 10.6 Å². The van der Waals surface area contributed by atoms with Crippen molar-refractivity contribution in [2.45, 2.75) is 26.4 Å². The van der Waals surface area contributed by atoms with Gasteiger partial charge in [-0.2, -0.15) is 0 Å². The van der Waals surface area contributed by atoms with E-state index in [9.17, 15) is 9.59 Å². The number of carbonyl (C=O) groups excluding carboxylic acids is 1. The monoisotopic (exact) mass is 317 g/mol. The number of nitrogens with one attached hydrogen (secondary N) is 1. The van der Waals surface area contributed by atoms with Crippen LogP contribution in [0.1, 0.15) is 31.4 Å². The van der Waals surface area contributed by atoms with E-state index in [4.69, 9.17) is 9.84 Å². The Morgan fingerprint density at radius 1 is 1.44 bits per heavy atom. The van der Waals surface area contributed by atoms with Crippen molar-refractivity contribution in [1.29, 1.82) is 0 Å². The van der Waals surface area contributed by atoms with Crippen LogP contribution in [0.15, 0.2) is 10.7 Å². The molecule has 2 N–H and O–H groups in total. The summed E-state index contributed by atoms with van der Waals surface area (Å²) in [5, 5.41) is 11.1. The van der Waals surface area contributed by atoms with Crippen LogP contribution in [0, 0.1) is 0 Å². The maximum atomic E-state index is 11.5. The summed E-state index contributed by atoms with van der Waals surface area (Å²) in [6, 6.07) is 0. The van der Waals surface area contributed by atoms with E-state index in [2.05, 4.69) is 31.2 Å². The lowest BCUT2D eigenvalue weighted by atomic mass is 10.2. The normalized spacial score (nSPS) is 10.9. The number of nitrogens with zero attached hydrogens (tertiary/aromatic N) is 2. The molecule has 0 aliphatic rings. The van der Waals surface area contributed by atoms with Crippen LogP contribution in [0.5, 0.6) is 0 Å². The number of halogens is 1. The van der Waals surface area contributed by atoms with Gasteiger partial charge in [-0.25, -0.2) is 19.6 Å². The van der Waals surface area contributed by atoms with Gasteiger partial charge in [0.25, 0.3) is 0 Å². The largest absolute Gasteiger partial charge is 0.475 e. The van der Waals surface area contributed by atoms with Gasteiger partial charge in [0.05, 0.1) is 4.47 Å². The third-order valence-corrected chi connectivity index (χ3v) is 2.14. The molecule has 0 fully saturated rings. The standard InChI is InChI=1S/C10H12BrN3O4/c1-10(2,3)18-9(17)14-6-5(11)4-12-7(13-6)8(15)16/h4H,1-3H3,(H,15,16)(H,12,13,14,17). The van der Waals surface area contributed by atoms with Crippen LogP contribution in [-0.4, -0.2) is 32.7 Å². The quantitative estimate of drug-likeness (QED) is 0.867. The average molecular weight is 318 g/mol. The second kappa shape index (κ2) is 5.30. The van der Waals surface area contributed by atoms with E-state index in [-0.39, 0.29) is 5.82 Å². The predicted molar refractivity (Wildman–Crippen MR) is 66.5 cm³/mol. The number of hydrogen-bond donors (Lipinski definition) is 2. The number of aromatic nitrogens is 2. The Labute approximate surface area is 112 Å². The van der Waals surface area contributed by atoms with Crippen LogP contribution in [0.25, 0.3) is 0 Å². The van der Waals surface area contributed by atoms with Crippen molar-refractivity contribution >= 4 is 33.8 Å². The first-order valence-corrected chi connectivity index (χ1v) is 5.74. The van der Waals surface area contributed by atoms with Gasteiger partial charge in [-0.1, -0.05) is 0 Å². The zero-order valence-electron chi connectivity index (χ0n) is 10.0. The molecule has 1 rings (SSSR count). The summed E-state index contributed by atoms with van der Waals surface area (Å²) in [6.07, 6.45) is 0.515. The van der Waals surface area contributed by atoms with Gasteiger partial charge >= 0.3 is 12.1 Å². The van der Waals surface area contributed by atoms with E-state index in [0.29, 0.717) is 4.47 Å². The fourth-order valence-electron chi connectivity index (χ4n) is 0.958. The number of carboxylic acids is 1. The van der Waals surface area contributed by atoms with Gasteiger partial charge < -0.3 is 9.84 Å². The molecule has 0 saturated heterocycles. The Hall–Kier alpha value is -1.70. The lowest BCUT2D eigenvalue weighted by Crippen LogP contribution is -2.27. The fraction of sp³-hybridized carbons (Fsp3) is 0.400. The van der Waals surface area contributed by atoms with Crippen molar-refractivity contribution in [3.8, 4) is 0 Å². The van der Waals surface area contributed by atoms with Crippen molar-refractivity contribution in [2.24, 2.45) is 0 Å². The van der Waals surface area contributed by atoms with Gasteiger partial charge in [0.1, 0.15) is 5.60 Å². The molecule has 0 aliphatic carbocycles. The molecular weight excluding hydrogens is 306 g/mol. The topological polar surface area (TPSA) is 101 Å². The second-order valence-corrected chi connectivity index (χ2v) is 5.18. The average Bonchev–Trinajstić information content (AvgIpc) is 2.18. The summed E-state index contributed by atoms with van der Waals surface area (Å²) in [7, 11) is 0. The highest BCUT2D eigenvalue weighted by molar-refractivity contribution is 9.10. The molecule has 18 heavy (non-hydrogen) atoms. The van der Waals surface area contributed by atoms with Gasteiger partial charge in [0.15, 0.2) is 5.82 Å². The second-order valence-electron chi connectivity index (χ2n) is 4.32. The summed E-state index contributed by atoms with van der Waals surface area (Å²) in [5.41, 5.74) is -0.654. The third-order valence-electron chi connectivity index (χ3n) is 1.55. The molecule has 0 saturated carbocycles. The molecule has 0 spiro atoms. The molecule has 1 aromatic heterocycles. The van der Waals surface area contributed by atoms with E-state index < -0.39 is 23.5 Å². The van der Waals surface area contributed by atoms with Crippen molar-refractivity contribution in [2.75, 3.05) is 5.32 Å². The van der Waals surface area contributed by atoms with Crippen LogP contribution in [0.2, 0.25) is 0 Å². The maximum absolute atomic E-state index is 11.5. The number of carbonyl (C=O) groups is 2. The molecule has 98 valence electrons. The van der Waals surface area contributed by atoms with Crippen molar-refractivity contribution < 1.29 is 19.4 Å². The highest BCUT2D eigenvalue weighted by Gasteiger charge is 2.18. The van der Waals surface area contributed by atoms with Gasteiger partial charge in [-0.3, -0.25) is 5.32 Å². The third kappa shape index (κ3) is 4.28. The SMILES string of the molecule is CC(C)(C)OC(=O)Nc1nc(C(=O)O)ncc1Br. The first kappa shape index (κ1) is 14.4. The Kier molecular flexibility index (Phi) is 4.23. The molecule has 1 aromatic rings. The zero-order valence-corrected chi connectivity index (χ0v) is 11.6. The van der Waals surface area contributed by atoms with Crippen LogP contribution in [-0.2, 0) is 4.74 Å². The Balaban J connectivity index is 2.87. The molecule has 1 amide bonds. The number of rotatable bonds is 2. The Bertz CT molecular complexity index is 485. The van der Waals surface area contributed by atoms with Gasteiger partial charge in [-0.05, 0) is 36.7 Å². The summed E-state index contributed by atoms with van der Waals surface area (Å²) < 4.78 is 5.38. The van der Waals surface area contributed by atoms with E-state index >= 15 is 0 Å². The fourth-order valence-corrected chi connectivity index (χ4v) is 1.25. The van der Waals surface area contributed by atoms with Gasteiger partial charge in [0.2, 0.25) is 5.82 Å². The highest BCUT2D eigenvalue weighted by atomic mass is 79.9. The van der Waals surface area contributed by atoms with Crippen LogP contribution in [0.3, 0.4) is 0 Å². The zero-order chi connectivity index (χ0) is 13.9. The number of hydrogen-bond acceptors (Lipinski definition) is 5. The summed E-state index contributed by atoms with van der Waals surface area (Å²) >= 11 is 3.10. The Morgan fingerprint density at radius 2 is 2.06 bits per heavy atom. The molecule has 0 radical (unpaired) electrons. The summed E-state index contributed by atoms with van der Waals surface area (Å²) in [5.74, 6) is -1.66. The highest BCUT2D eigenvalue weighted by Crippen LogP contribution is 2.19.